The fourth-order valence-electron chi connectivity index (χ4n) is 9.69. The number of aryl methyl sites for hydroxylation is 1. The number of carbonyl (C=O) groups excluding carboxylic acids is 3. The van der Waals surface area contributed by atoms with Crippen molar-refractivity contribution in [1.82, 2.24) is 53.5 Å². The summed E-state index contributed by atoms with van der Waals surface area (Å²) in [6.45, 7) is 6.59. The maximum atomic E-state index is 14.3. The van der Waals surface area contributed by atoms with Crippen LogP contribution >= 0.6 is 0 Å². The predicted octanol–water partition coefficient (Wildman–Crippen LogP) is 3.53. The molecule has 1 aliphatic carbocycles. The van der Waals surface area contributed by atoms with E-state index in [9.17, 15) is 36.7 Å². The monoisotopic (exact) mass is 901 g/mol. The van der Waals surface area contributed by atoms with Crippen LogP contribution in [-0.4, -0.2) is 144 Å². The first kappa shape index (κ1) is 44.1. The molecule has 5 aromatic rings. The van der Waals surface area contributed by atoms with Gasteiger partial charge >= 0.3 is 5.69 Å². The molecule has 1 aromatic carbocycles. The molecule has 0 radical (unpaired) electrons. The quantitative estimate of drug-likeness (QED) is 0.113. The number of piperazine rings is 2. The highest BCUT2D eigenvalue weighted by Gasteiger charge is 2.33. The molecule has 344 valence electrons. The zero-order valence-corrected chi connectivity index (χ0v) is 36.0. The van der Waals surface area contributed by atoms with E-state index in [-0.39, 0.29) is 53.9 Å². The summed E-state index contributed by atoms with van der Waals surface area (Å²) < 4.78 is 60.3. The van der Waals surface area contributed by atoms with Gasteiger partial charge in [0.05, 0.1) is 47.6 Å². The van der Waals surface area contributed by atoms with Crippen molar-refractivity contribution in [2.75, 3.05) is 82.2 Å². The lowest BCUT2D eigenvalue weighted by molar-refractivity contribution is -0.135. The van der Waals surface area contributed by atoms with Gasteiger partial charge in [-0.3, -0.25) is 43.3 Å². The van der Waals surface area contributed by atoms with Crippen LogP contribution < -0.4 is 21.2 Å². The Morgan fingerprint density at radius 2 is 1.66 bits per heavy atom. The van der Waals surface area contributed by atoms with Crippen molar-refractivity contribution in [2.24, 2.45) is 13.0 Å². The van der Waals surface area contributed by atoms with Crippen molar-refractivity contribution in [3.8, 4) is 11.8 Å². The number of amides is 3. The number of nitrogens with zero attached hydrogens (tertiary/aromatic N) is 11. The lowest BCUT2D eigenvalue weighted by Gasteiger charge is -2.37. The first-order chi connectivity index (χ1) is 31.4. The predicted molar refractivity (Wildman–Crippen MR) is 232 cm³/mol. The number of imide groups is 1. The van der Waals surface area contributed by atoms with Gasteiger partial charge in [0.1, 0.15) is 17.4 Å². The first-order valence-corrected chi connectivity index (χ1v) is 22.2. The summed E-state index contributed by atoms with van der Waals surface area (Å²) in [5.41, 5.74) is 1.41. The minimum absolute atomic E-state index is 0.0631. The zero-order chi connectivity index (χ0) is 45.4. The van der Waals surface area contributed by atoms with Crippen molar-refractivity contribution in [3.63, 3.8) is 0 Å². The molecule has 7 heterocycles. The number of anilines is 2. The van der Waals surface area contributed by atoms with E-state index in [2.05, 4.69) is 47.5 Å². The third-order valence-corrected chi connectivity index (χ3v) is 13.2. The van der Waals surface area contributed by atoms with Crippen molar-refractivity contribution in [3.05, 3.63) is 70.2 Å². The minimum Gasteiger partial charge on any atom is -0.354 e. The third kappa shape index (κ3) is 9.37. The summed E-state index contributed by atoms with van der Waals surface area (Å²) in [7, 11) is 1.67. The molecule has 0 spiro atoms. The highest BCUT2D eigenvalue weighted by atomic mass is 19.3. The van der Waals surface area contributed by atoms with E-state index in [1.807, 2.05) is 17.0 Å². The molecule has 4 aromatic heterocycles. The molecule has 4 aliphatic rings. The molecule has 65 heavy (non-hydrogen) atoms. The Morgan fingerprint density at radius 1 is 0.923 bits per heavy atom. The summed E-state index contributed by atoms with van der Waals surface area (Å²) in [4.78, 5) is 64.2. The number of benzene rings is 1. The topological polar surface area (TPSA) is 163 Å². The second-order valence-corrected chi connectivity index (χ2v) is 17.4. The van der Waals surface area contributed by atoms with Gasteiger partial charge in [0.2, 0.25) is 11.8 Å². The van der Waals surface area contributed by atoms with Gasteiger partial charge in [-0.05, 0) is 56.2 Å². The van der Waals surface area contributed by atoms with Crippen LogP contribution in [0.25, 0.3) is 16.7 Å². The van der Waals surface area contributed by atoms with Gasteiger partial charge in [0.15, 0.2) is 11.3 Å². The summed E-state index contributed by atoms with van der Waals surface area (Å²) in [6.07, 6.45) is 2.98. The Balaban J connectivity index is 0.761. The lowest BCUT2D eigenvalue weighted by Crippen LogP contribution is -2.48. The van der Waals surface area contributed by atoms with Crippen molar-refractivity contribution < 1.29 is 31.9 Å². The molecular weight excluding hydrogens is 851 g/mol. The SMILES string of the molecule is Cn1c(=O)n(C2CCC(=O)NC2=O)c2cccc(C#CCN3CCN(C[C@H]4CC[C@H](n5cc(NC(=O)c6cnn7ccc(N8CCN(CC(F)F)CC8)nc67)c(C(F)F)n5)CC4)CC3)c21. The van der Waals surface area contributed by atoms with E-state index in [1.54, 1.807) is 35.0 Å². The second kappa shape index (κ2) is 18.8. The number of rotatable bonds is 11. The standard InChI is InChI=1S/C44H51F4N13O4/c1-54-39-29(4-2-6-33(39)61(44(54)65)34-11-12-37(62)52-43(34)64)5-3-14-55-16-18-56(19-17-55)25-28-7-9-30(10-8-28)60-26-32(38(53-60)40(47)48)50-42(63)31-24-49-59-15-13-36(51-41(31)59)58-22-20-57(21-23-58)27-35(45)46/h2,4,6,13,15,24,26,28,30,34-35,40H,7-12,14,16-23,25,27H2,1H3,(H,50,63)(H,52,62,64)/t28-,30-,34?. The highest BCUT2D eigenvalue weighted by molar-refractivity contribution is 6.08. The Morgan fingerprint density at radius 3 is 2.38 bits per heavy atom. The molecule has 1 saturated carbocycles. The number of piperidine rings is 1. The number of alkyl halides is 4. The van der Waals surface area contributed by atoms with Gasteiger partial charge in [-0.2, -0.15) is 10.2 Å². The number of imidazole rings is 1. The average molecular weight is 902 g/mol. The van der Waals surface area contributed by atoms with Crippen molar-refractivity contribution in [1.29, 1.82) is 0 Å². The summed E-state index contributed by atoms with van der Waals surface area (Å²) in [6, 6.07) is 6.38. The van der Waals surface area contributed by atoms with E-state index in [0.717, 1.165) is 58.4 Å². The van der Waals surface area contributed by atoms with Crippen LogP contribution in [-0.2, 0) is 16.6 Å². The summed E-state index contributed by atoms with van der Waals surface area (Å²) in [5, 5.41) is 13.5. The van der Waals surface area contributed by atoms with Crippen LogP contribution in [0.5, 0.6) is 0 Å². The largest absolute Gasteiger partial charge is 0.354 e. The molecule has 3 amide bonds. The molecule has 3 saturated heterocycles. The van der Waals surface area contributed by atoms with Gasteiger partial charge in [-0.1, -0.05) is 17.9 Å². The number of hydrogen-bond donors (Lipinski definition) is 2. The van der Waals surface area contributed by atoms with Gasteiger partial charge in [-0.15, -0.1) is 0 Å². The van der Waals surface area contributed by atoms with Crippen molar-refractivity contribution >= 4 is 45.9 Å². The molecule has 21 heteroatoms. The number of para-hydroxylation sites is 1. The highest BCUT2D eigenvalue weighted by Crippen LogP contribution is 2.36. The number of fused-ring (bicyclic) bond motifs is 2. The molecule has 1 unspecified atom stereocenters. The smallest absolute Gasteiger partial charge is 0.329 e. The Bertz CT molecular complexity index is 2690. The van der Waals surface area contributed by atoms with Crippen molar-refractivity contribution in [2.45, 2.75) is 63.5 Å². The van der Waals surface area contributed by atoms with Crippen LogP contribution in [0.2, 0.25) is 0 Å². The fourth-order valence-corrected chi connectivity index (χ4v) is 9.69. The Kier molecular flexibility index (Phi) is 12.7. The molecule has 9 rings (SSSR count). The molecule has 3 aliphatic heterocycles. The van der Waals surface area contributed by atoms with E-state index < -0.39 is 36.4 Å². The third-order valence-electron chi connectivity index (χ3n) is 13.2. The Hall–Kier alpha value is -6.11. The van der Waals surface area contributed by atoms with Crippen LogP contribution in [0.15, 0.2) is 47.7 Å². The summed E-state index contributed by atoms with van der Waals surface area (Å²) in [5.74, 6) is 6.11. The van der Waals surface area contributed by atoms with Gasteiger partial charge < -0.3 is 15.1 Å². The van der Waals surface area contributed by atoms with E-state index in [0.29, 0.717) is 61.1 Å². The number of halogens is 4. The van der Waals surface area contributed by atoms with Crippen LogP contribution in [0.4, 0.5) is 29.1 Å². The molecular formula is C44H51F4N13O4. The second-order valence-electron chi connectivity index (χ2n) is 17.4. The van der Waals surface area contributed by atoms with Crippen LogP contribution in [0.1, 0.15) is 78.6 Å². The number of carbonyl (C=O) groups is 3. The zero-order valence-electron chi connectivity index (χ0n) is 36.0. The molecule has 4 fully saturated rings. The maximum Gasteiger partial charge on any atom is 0.329 e. The van der Waals surface area contributed by atoms with E-state index in [1.165, 1.54) is 26.0 Å². The van der Waals surface area contributed by atoms with Crippen LogP contribution in [0.3, 0.4) is 0 Å². The number of nitrogens with one attached hydrogen (secondary N) is 2. The van der Waals surface area contributed by atoms with Crippen LogP contribution in [0, 0.1) is 17.8 Å². The summed E-state index contributed by atoms with van der Waals surface area (Å²) >= 11 is 0. The van der Waals surface area contributed by atoms with E-state index in [4.69, 9.17) is 0 Å². The molecule has 2 N–H and O–H groups in total. The minimum atomic E-state index is -2.91. The normalized spacial score (nSPS) is 21.6. The fraction of sp³-hybridized carbons (Fsp3) is 0.523. The van der Waals surface area contributed by atoms with Gasteiger partial charge in [-0.25, -0.2) is 31.9 Å². The van der Waals surface area contributed by atoms with E-state index >= 15 is 0 Å². The first-order valence-electron chi connectivity index (χ1n) is 22.2. The maximum absolute atomic E-state index is 14.3. The molecule has 1 atom stereocenters. The number of hydrogen-bond acceptors (Lipinski definition) is 11. The molecule has 0 bridgehead atoms. The lowest BCUT2D eigenvalue weighted by atomic mass is 9.85. The van der Waals surface area contributed by atoms with Gasteiger partial charge in [0.25, 0.3) is 18.8 Å². The average Bonchev–Trinajstić information content (AvgIpc) is 3.99. The Labute approximate surface area is 371 Å². The molecule has 17 nitrogen and oxygen atoms in total. The van der Waals surface area contributed by atoms with Gasteiger partial charge in [0, 0.05) is 84.8 Å². The number of aromatic nitrogens is 7.